The molecule has 1 aliphatic heterocycles. The van der Waals surface area contributed by atoms with Crippen molar-refractivity contribution in [2.75, 3.05) is 18.6 Å². The summed E-state index contributed by atoms with van der Waals surface area (Å²) >= 11 is 13.9. The first kappa shape index (κ1) is 22.2. The Labute approximate surface area is 174 Å². The van der Waals surface area contributed by atoms with Crippen LogP contribution in [0.3, 0.4) is 0 Å². The van der Waals surface area contributed by atoms with Gasteiger partial charge in [0, 0.05) is 30.2 Å². The molecule has 1 saturated heterocycles. The number of carboxylic acid groups (broad SMARTS) is 1. The number of rotatable bonds is 4. The van der Waals surface area contributed by atoms with Gasteiger partial charge in [-0.15, -0.1) is 0 Å². The van der Waals surface area contributed by atoms with Gasteiger partial charge in [-0.05, 0) is 30.8 Å². The van der Waals surface area contributed by atoms with Gasteiger partial charge in [0.1, 0.15) is 5.69 Å². The van der Waals surface area contributed by atoms with Crippen LogP contribution in [0.4, 0.5) is 4.79 Å². The van der Waals surface area contributed by atoms with E-state index in [1.54, 1.807) is 18.7 Å². The fourth-order valence-corrected chi connectivity index (χ4v) is 5.17. The highest BCUT2D eigenvalue weighted by molar-refractivity contribution is 7.98. The highest BCUT2D eigenvalue weighted by Crippen LogP contribution is 2.38. The number of nitrogens with zero attached hydrogens (tertiary/aromatic N) is 1. The van der Waals surface area contributed by atoms with Crippen LogP contribution in [-0.4, -0.2) is 57.6 Å². The first-order chi connectivity index (χ1) is 12.5. The maximum absolute atomic E-state index is 12.8. The molecule has 27 heavy (non-hydrogen) atoms. The molecule has 0 spiro atoms. The second kappa shape index (κ2) is 8.53. The topological polar surface area (TPSA) is 85.4 Å². The number of likely N-dealkylation sites (tertiary alicyclic amines) is 1. The Hall–Kier alpha value is -1.05. The Bertz CT molecular complexity index is 717. The number of nitrogens with one attached hydrogen (secondary N) is 2. The normalized spacial score (nSPS) is 23.4. The van der Waals surface area contributed by atoms with Crippen molar-refractivity contribution in [2.24, 2.45) is 11.3 Å². The zero-order chi connectivity index (χ0) is 20.5. The molecule has 0 bridgehead atoms. The average molecular weight is 436 g/mol. The summed E-state index contributed by atoms with van der Waals surface area (Å²) in [5.74, 6) is 0.413. The second-order valence-corrected chi connectivity index (χ2v) is 9.69. The van der Waals surface area contributed by atoms with E-state index in [1.807, 2.05) is 27.0 Å². The van der Waals surface area contributed by atoms with Gasteiger partial charge in [-0.2, -0.15) is 11.8 Å². The molecule has 2 rings (SSSR count). The molecule has 1 fully saturated rings. The van der Waals surface area contributed by atoms with Crippen molar-refractivity contribution in [3.8, 4) is 0 Å². The fourth-order valence-electron chi connectivity index (χ4n) is 3.95. The van der Waals surface area contributed by atoms with Gasteiger partial charge in [0.05, 0.1) is 10.0 Å². The highest BCUT2D eigenvalue weighted by Gasteiger charge is 2.46. The second-order valence-electron chi connectivity index (χ2n) is 8.03. The van der Waals surface area contributed by atoms with Crippen molar-refractivity contribution in [1.82, 2.24) is 15.2 Å². The first-order valence-electron chi connectivity index (χ1n) is 8.82. The van der Waals surface area contributed by atoms with Crippen LogP contribution >= 0.6 is 35.0 Å². The minimum atomic E-state index is -0.916. The third-order valence-electron chi connectivity index (χ3n) is 5.03. The van der Waals surface area contributed by atoms with Gasteiger partial charge in [0.15, 0.2) is 0 Å². The molecule has 3 N–H and O–H groups in total. The first-order valence-corrected chi connectivity index (χ1v) is 11.0. The number of amides is 2. The van der Waals surface area contributed by atoms with E-state index < -0.39 is 6.09 Å². The Balaban J connectivity index is 2.30. The van der Waals surface area contributed by atoms with Crippen LogP contribution in [0.15, 0.2) is 0 Å². The zero-order valence-electron chi connectivity index (χ0n) is 16.2. The van der Waals surface area contributed by atoms with Crippen LogP contribution in [0.1, 0.15) is 43.4 Å². The fraction of sp³-hybridized carbons (Fsp3) is 0.667. The van der Waals surface area contributed by atoms with E-state index in [1.165, 1.54) is 4.90 Å². The Kier molecular flexibility index (Phi) is 7.03. The van der Waals surface area contributed by atoms with Crippen molar-refractivity contribution in [3.05, 3.63) is 21.4 Å². The smallest absolute Gasteiger partial charge is 0.407 e. The molecule has 0 aromatic carbocycles. The summed E-state index contributed by atoms with van der Waals surface area (Å²) < 4.78 is 0. The minimum absolute atomic E-state index is 0.0147. The molecule has 0 radical (unpaired) electrons. The average Bonchev–Trinajstić information content (AvgIpc) is 2.82. The summed E-state index contributed by atoms with van der Waals surface area (Å²) in [7, 11) is 0. The van der Waals surface area contributed by atoms with Crippen molar-refractivity contribution >= 4 is 47.0 Å². The number of carbonyl (C=O) groups is 2. The van der Waals surface area contributed by atoms with Gasteiger partial charge in [0.25, 0.3) is 5.91 Å². The summed E-state index contributed by atoms with van der Waals surface area (Å²) in [6, 6.07) is -0.353. The molecule has 0 aliphatic carbocycles. The molecular weight excluding hydrogens is 409 g/mol. The number of aromatic amines is 1. The van der Waals surface area contributed by atoms with Crippen LogP contribution in [0.5, 0.6) is 0 Å². The van der Waals surface area contributed by atoms with Crippen LogP contribution in [0, 0.1) is 18.3 Å². The lowest BCUT2D eigenvalue weighted by atomic mass is 9.72. The minimum Gasteiger partial charge on any atom is -0.465 e. The molecule has 9 heteroatoms. The van der Waals surface area contributed by atoms with E-state index in [0.717, 1.165) is 5.75 Å². The maximum Gasteiger partial charge on any atom is 0.407 e. The number of thioether (sulfide) groups is 1. The molecule has 3 unspecified atom stereocenters. The number of H-pyrrole nitrogens is 1. The third-order valence-corrected chi connectivity index (χ3v) is 6.69. The molecule has 1 aromatic heterocycles. The molecule has 2 heterocycles. The molecule has 1 aromatic rings. The number of piperidine rings is 1. The van der Waals surface area contributed by atoms with Crippen LogP contribution in [0.2, 0.25) is 10.0 Å². The molecule has 6 nitrogen and oxygen atoms in total. The predicted molar refractivity (Wildman–Crippen MR) is 111 cm³/mol. The lowest BCUT2D eigenvalue weighted by Gasteiger charge is -2.50. The van der Waals surface area contributed by atoms with E-state index >= 15 is 0 Å². The van der Waals surface area contributed by atoms with Gasteiger partial charge >= 0.3 is 6.09 Å². The molecule has 3 atom stereocenters. The van der Waals surface area contributed by atoms with E-state index in [4.69, 9.17) is 23.2 Å². The van der Waals surface area contributed by atoms with Crippen molar-refractivity contribution < 1.29 is 14.7 Å². The Morgan fingerprint density at radius 1 is 1.33 bits per heavy atom. The summed E-state index contributed by atoms with van der Waals surface area (Å²) in [4.78, 5) is 29.0. The van der Waals surface area contributed by atoms with Crippen LogP contribution in [-0.2, 0) is 0 Å². The van der Waals surface area contributed by atoms with Gasteiger partial charge < -0.3 is 20.3 Å². The third kappa shape index (κ3) is 4.69. The molecule has 0 saturated carbocycles. The Morgan fingerprint density at radius 3 is 2.41 bits per heavy atom. The van der Waals surface area contributed by atoms with E-state index in [0.29, 0.717) is 23.7 Å². The van der Waals surface area contributed by atoms with Crippen molar-refractivity contribution in [1.29, 1.82) is 0 Å². The number of carbonyl (C=O) groups excluding carboxylic acids is 1. The van der Waals surface area contributed by atoms with E-state index in [-0.39, 0.29) is 40.0 Å². The number of aromatic nitrogens is 1. The van der Waals surface area contributed by atoms with Gasteiger partial charge in [-0.1, -0.05) is 44.0 Å². The number of halogens is 2. The lowest BCUT2D eigenvalue weighted by Crippen LogP contribution is -2.62. The maximum atomic E-state index is 12.8. The van der Waals surface area contributed by atoms with Crippen LogP contribution < -0.4 is 5.32 Å². The lowest BCUT2D eigenvalue weighted by molar-refractivity contribution is 0.0150. The van der Waals surface area contributed by atoms with Crippen molar-refractivity contribution in [2.45, 2.75) is 46.2 Å². The summed E-state index contributed by atoms with van der Waals surface area (Å²) in [6.45, 7) is 8.25. The predicted octanol–water partition coefficient (Wildman–Crippen LogP) is 4.51. The standard InChI is InChI=1S/C18H27Cl2N3O3S/c1-9-12(19)13(20)14(21-9)16(24)22-11-6-7-23(17(25)26)15(18(2,3)4)10(11)8-27-5/h10-11,15,21H,6-8H2,1-5H3,(H,22,24)(H,25,26). The summed E-state index contributed by atoms with van der Waals surface area (Å²) in [5.41, 5.74) is 0.627. The highest BCUT2D eigenvalue weighted by atomic mass is 35.5. The van der Waals surface area contributed by atoms with Gasteiger partial charge in [-0.25, -0.2) is 4.79 Å². The summed E-state index contributed by atoms with van der Waals surface area (Å²) in [5, 5.41) is 13.3. The molecular formula is C18H27Cl2N3O3S. The number of hydrogen-bond acceptors (Lipinski definition) is 3. The van der Waals surface area contributed by atoms with Crippen LogP contribution in [0.25, 0.3) is 0 Å². The molecule has 1 aliphatic rings. The summed E-state index contributed by atoms with van der Waals surface area (Å²) in [6.07, 6.45) is 1.63. The van der Waals surface area contributed by atoms with Crippen molar-refractivity contribution in [3.63, 3.8) is 0 Å². The molecule has 2 amide bonds. The monoisotopic (exact) mass is 435 g/mol. The van der Waals surface area contributed by atoms with E-state index in [2.05, 4.69) is 10.3 Å². The largest absolute Gasteiger partial charge is 0.465 e. The quantitative estimate of drug-likeness (QED) is 0.649. The SMILES string of the molecule is CSCC1C(NC(=O)c2[nH]c(C)c(Cl)c2Cl)CCN(C(=O)O)C1C(C)(C)C. The number of hydrogen-bond donors (Lipinski definition) is 3. The number of aryl methyl sites for hydroxylation is 1. The van der Waals surface area contributed by atoms with E-state index in [9.17, 15) is 14.7 Å². The zero-order valence-corrected chi connectivity index (χ0v) is 18.6. The Morgan fingerprint density at radius 2 is 1.96 bits per heavy atom. The molecule has 152 valence electrons. The van der Waals surface area contributed by atoms with Gasteiger partial charge in [-0.3, -0.25) is 4.79 Å². The van der Waals surface area contributed by atoms with Gasteiger partial charge in [0.2, 0.25) is 0 Å².